The Morgan fingerprint density at radius 1 is 1.10 bits per heavy atom. The van der Waals surface area contributed by atoms with E-state index >= 15 is 0 Å². The summed E-state index contributed by atoms with van der Waals surface area (Å²) in [6, 6.07) is 13.6. The van der Waals surface area contributed by atoms with Crippen LogP contribution in [0.2, 0.25) is 0 Å². The van der Waals surface area contributed by atoms with Crippen LogP contribution in [0.3, 0.4) is 0 Å². The summed E-state index contributed by atoms with van der Waals surface area (Å²) < 4.78 is 13.0. The second-order valence-corrected chi connectivity index (χ2v) is 5.46. The normalized spacial score (nSPS) is 11.2. The maximum absolute atomic E-state index is 13.0. The first-order valence-corrected chi connectivity index (χ1v) is 6.54. The average Bonchev–Trinajstić information content (AvgIpc) is 2.38. The monoisotopic (exact) mass is 271 g/mol. The van der Waals surface area contributed by atoms with Gasteiger partial charge < -0.3 is 5.32 Å². The number of hydrogen-bond acceptors (Lipinski definition) is 1. The predicted octanol–water partition coefficient (Wildman–Crippen LogP) is 3.80. The topological polar surface area (TPSA) is 29.1 Å². The molecule has 104 valence electrons. The highest BCUT2D eigenvalue weighted by Crippen LogP contribution is 2.21. The molecule has 20 heavy (non-hydrogen) atoms. The summed E-state index contributed by atoms with van der Waals surface area (Å²) in [5, 5.41) is 2.97. The summed E-state index contributed by atoms with van der Waals surface area (Å²) in [4.78, 5) is 12.3. The van der Waals surface area contributed by atoms with Crippen LogP contribution in [-0.4, -0.2) is 5.91 Å². The number of benzene rings is 2. The molecule has 0 aliphatic heterocycles. The number of carbonyl (C=O) groups excluding carboxylic acids is 1. The molecule has 0 heterocycles. The van der Waals surface area contributed by atoms with Crippen molar-refractivity contribution in [3.05, 3.63) is 71.0 Å². The van der Waals surface area contributed by atoms with E-state index in [4.69, 9.17) is 0 Å². The Labute approximate surface area is 118 Å². The largest absolute Gasteiger partial charge is 0.343 e. The summed E-state index contributed by atoms with van der Waals surface area (Å²) in [5.41, 5.74) is 1.96. The Morgan fingerprint density at radius 2 is 1.75 bits per heavy atom. The van der Waals surface area contributed by atoms with Gasteiger partial charge in [-0.05, 0) is 50.6 Å². The molecule has 2 nitrogen and oxygen atoms in total. The van der Waals surface area contributed by atoms with Gasteiger partial charge in [0.2, 0.25) is 0 Å². The third-order valence-electron chi connectivity index (χ3n) is 3.27. The van der Waals surface area contributed by atoms with E-state index in [-0.39, 0.29) is 11.7 Å². The molecule has 2 aromatic carbocycles. The van der Waals surface area contributed by atoms with Crippen molar-refractivity contribution in [3.63, 3.8) is 0 Å². The first-order valence-electron chi connectivity index (χ1n) is 6.54. The fourth-order valence-corrected chi connectivity index (χ4v) is 2.08. The molecule has 1 amide bonds. The Bertz CT molecular complexity index is 617. The lowest BCUT2D eigenvalue weighted by molar-refractivity contribution is 0.0912. The summed E-state index contributed by atoms with van der Waals surface area (Å²) in [5.74, 6) is -0.419. The van der Waals surface area contributed by atoms with Crippen molar-refractivity contribution in [2.75, 3.05) is 0 Å². The molecule has 0 radical (unpaired) electrons. The molecule has 1 N–H and O–H groups in total. The molecule has 0 fully saturated rings. The zero-order valence-corrected chi connectivity index (χ0v) is 11.9. The molecule has 3 heteroatoms. The van der Waals surface area contributed by atoms with Gasteiger partial charge in [-0.15, -0.1) is 0 Å². The van der Waals surface area contributed by atoms with E-state index in [0.717, 1.165) is 11.1 Å². The summed E-state index contributed by atoms with van der Waals surface area (Å²) in [6.45, 7) is 5.74. The van der Waals surface area contributed by atoms with E-state index in [1.807, 2.05) is 39.0 Å². The zero-order chi connectivity index (χ0) is 14.8. The molecule has 2 aromatic rings. The lowest BCUT2D eigenvalue weighted by Gasteiger charge is -2.27. The SMILES string of the molecule is Cc1cccc(C(=O)NC(C)(C)c2ccc(F)cc2)c1. The molecule has 2 rings (SSSR count). The second-order valence-electron chi connectivity index (χ2n) is 5.46. The van der Waals surface area contributed by atoms with Gasteiger partial charge in [0.25, 0.3) is 5.91 Å². The van der Waals surface area contributed by atoms with Crippen LogP contribution in [0.5, 0.6) is 0 Å². The van der Waals surface area contributed by atoms with Crippen molar-refractivity contribution in [3.8, 4) is 0 Å². The minimum Gasteiger partial charge on any atom is -0.343 e. The van der Waals surface area contributed by atoms with Crippen LogP contribution >= 0.6 is 0 Å². The average molecular weight is 271 g/mol. The summed E-state index contributed by atoms with van der Waals surface area (Å²) in [6.07, 6.45) is 0. The van der Waals surface area contributed by atoms with E-state index in [1.54, 1.807) is 18.2 Å². The Kier molecular flexibility index (Phi) is 3.89. The number of aryl methyl sites for hydroxylation is 1. The van der Waals surface area contributed by atoms with Crippen LogP contribution < -0.4 is 5.32 Å². The van der Waals surface area contributed by atoms with E-state index in [1.165, 1.54) is 12.1 Å². The van der Waals surface area contributed by atoms with Crippen molar-refractivity contribution in [2.24, 2.45) is 0 Å². The lowest BCUT2D eigenvalue weighted by atomic mass is 9.93. The van der Waals surface area contributed by atoms with Gasteiger partial charge >= 0.3 is 0 Å². The van der Waals surface area contributed by atoms with Gasteiger partial charge in [-0.3, -0.25) is 4.79 Å². The number of nitrogens with one attached hydrogen (secondary N) is 1. The molecular formula is C17H18FNO. The van der Waals surface area contributed by atoms with E-state index in [2.05, 4.69) is 5.32 Å². The standard InChI is InChI=1S/C17H18FNO/c1-12-5-4-6-13(11-12)16(20)19-17(2,3)14-7-9-15(18)10-8-14/h4-11H,1-3H3,(H,19,20). The predicted molar refractivity (Wildman–Crippen MR) is 78.1 cm³/mol. The molecular weight excluding hydrogens is 253 g/mol. The molecule has 0 aliphatic carbocycles. The van der Waals surface area contributed by atoms with Crippen LogP contribution in [0, 0.1) is 12.7 Å². The molecule has 0 bridgehead atoms. The van der Waals surface area contributed by atoms with Crippen LogP contribution in [0.4, 0.5) is 4.39 Å². The number of amides is 1. The molecule has 0 saturated heterocycles. The molecule has 0 aliphatic rings. The second kappa shape index (κ2) is 5.45. The van der Waals surface area contributed by atoms with E-state index in [9.17, 15) is 9.18 Å². The Balaban J connectivity index is 2.19. The zero-order valence-electron chi connectivity index (χ0n) is 11.9. The molecule has 0 spiro atoms. The van der Waals surface area contributed by atoms with Crippen LogP contribution in [0.25, 0.3) is 0 Å². The minimum atomic E-state index is -0.561. The van der Waals surface area contributed by atoms with Crippen molar-refractivity contribution >= 4 is 5.91 Å². The third kappa shape index (κ3) is 3.23. The highest BCUT2D eigenvalue weighted by molar-refractivity contribution is 5.94. The number of hydrogen-bond donors (Lipinski definition) is 1. The van der Waals surface area contributed by atoms with Crippen LogP contribution in [0.15, 0.2) is 48.5 Å². The van der Waals surface area contributed by atoms with E-state index < -0.39 is 5.54 Å². The van der Waals surface area contributed by atoms with Gasteiger partial charge in [-0.2, -0.15) is 0 Å². The van der Waals surface area contributed by atoms with Crippen LogP contribution in [0.1, 0.15) is 35.3 Å². The van der Waals surface area contributed by atoms with Gasteiger partial charge in [0.05, 0.1) is 5.54 Å². The fraction of sp³-hybridized carbons (Fsp3) is 0.235. The summed E-state index contributed by atoms with van der Waals surface area (Å²) in [7, 11) is 0. The maximum atomic E-state index is 13.0. The Morgan fingerprint density at radius 3 is 2.35 bits per heavy atom. The molecule has 0 unspecified atom stereocenters. The molecule has 0 saturated carbocycles. The highest BCUT2D eigenvalue weighted by Gasteiger charge is 2.23. The van der Waals surface area contributed by atoms with Gasteiger partial charge in [0, 0.05) is 5.56 Å². The van der Waals surface area contributed by atoms with Gasteiger partial charge in [0.1, 0.15) is 5.82 Å². The Hall–Kier alpha value is -2.16. The highest BCUT2D eigenvalue weighted by atomic mass is 19.1. The van der Waals surface area contributed by atoms with E-state index in [0.29, 0.717) is 5.56 Å². The first kappa shape index (κ1) is 14.3. The number of halogens is 1. The first-order chi connectivity index (χ1) is 9.38. The maximum Gasteiger partial charge on any atom is 0.251 e. The number of rotatable bonds is 3. The van der Waals surface area contributed by atoms with Crippen LogP contribution in [-0.2, 0) is 5.54 Å². The van der Waals surface area contributed by atoms with Crippen molar-refractivity contribution < 1.29 is 9.18 Å². The number of carbonyl (C=O) groups is 1. The lowest BCUT2D eigenvalue weighted by Crippen LogP contribution is -2.41. The van der Waals surface area contributed by atoms with Gasteiger partial charge in [0.15, 0.2) is 0 Å². The van der Waals surface area contributed by atoms with Gasteiger partial charge in [-0.25, -0.2) is 4.39 Å². The van der Waals surface area contributed by atoms with Crippen molar-refractivity contribution in [1.82, 2.24) is 5.32 Å². The molecule has 0 aromatic heterocycles. The summed E-state index contributed by atoms with van der Waals surface area (Å²) >= 11 is 0. The van der Waals surface area contributed by atoms with Gasteiger partial charge in [-0.1, -0.05) is 29.8 Å². The third-order valence-corrected chi connectivity index (χ3v) is 3.27. The van der Waals surface area contributed by atoms with Crippen molar-refractivity contribution in [1.29, 1.82) is 0 Å². The fourth-order valence-electron chi connectivity index (χ4n) is 2.08. The quantitative estimate of drug-likeness (QED) is 0.904. The molecule has 0 atom stereocenters. The smallest absolute Gasteiger partial charge is 0.251 e. The van der Waals surface area contributed by atoms with Crippen molar-refractivity contribution in [2.45, 2.75) is 26.3 Å². The minimum absolute atomic E-state index is 0.136.